The van der Waals surface area contributed by atoms with Gasteiger partial charge in [0.25, 0.3) is 0 Å². The molecule has 1 fully saturated rings. The Morgan fingerprint density at radius 2 is 1.88 bits per heavy atom. The van der Waals surface area contributed by atoms with Gasteiger partial charge in [0, 0.05) is 32.4 Å². The van der Waals surface area contributed by atoms with E-state index in [-0.39, 0.29) is 6.03 Å². The van der Waals surface area contributed by atoms with Gasteiger partial charge in [-0.3, -0.25) is 0 Å². The van der Waals surface area contributed by atoms with E-state index in [0.717, 1.165) is 24.5 Å². The zero-order valence-electron chi connectivity index (χ0n) is 13.9. The predicted octanol–water partition coefficient (Wildman–Crippen LogP) is 1.63. The van der Waals surface area contributed by atoms with Crippen molar-refractivity contribution in [2.75, 3.05) is 38.2 Å². The number of nitrogens with zero attached hydrogens (tertiary/aromatic N) is 6. The van der Waals surface area contributed by atoms with Crippen molar-refractivity contribution in [2.24, 2.45) is 0 Å². The summed E-state index contributed by atoms with van der Waals surface area (Å²) in [5, 5.41) is 7.90. The summed E-state index contributed by atoms with van der Waals surface area (Å²) in [4.78, 5) is 20.9. The summed E-state index contributed by atoms with van der Waals surface area (Å²) < 4.78 is 6.75. The Morgan fingerprint density at radius 1 is 1.08 bits per heavy atom. The average molecular weight is 338 g/mol. The van der Waals surface area contributed by atoms with Crippen molar-refractivity contribution in [1.82, 2.24) is 24.9 Å². The first-order valence-corrected chi connectivity index (χ1v) is 8.11. The molecule has 8 nitrogen and oxygen atoms in total. The highest BCUT2D eigenvalue weighted by atomic mass is 16.5. The molecule has 1 aliphatic heterocycles. The lowest BCUT2D eigenvalue weighted by atomic mass is 10.2. The van der Waals surface area contributed by atoms with E-state index in [9.17, 15) is 4.79 Å². The Morgan fingerprint density at radius 3 is 2.68 bits per heavy atom. The number of ether oxygens (including phenoxy) is 1. The summed E-state index contributed by atoms with van der Waals surface area (Å²) in [6.45, 7) is 2.69. The molecule has 1 aromatic carbocycles. The minimum absolute atomic E-state index is 0.171. The number of fused-ring (bicyclic) bond motifs is 1. The van der Waals surface area contributed by atoms with Gasteiger partial charge in [0.1, 0.15) is 11.3 Å². The average Bonchev–Trinajstić information content (AvgIpc) is 3.11. The monoisotopic (exact) mass is 338 g/mol. The van der Waals surface area contributed by atoms with Crippen LogP contribution in [-0.4, -0.2) is 64.2 Å². The van der Waals surface area contributed by atoms with Crippen molar-refractivity contribution >= 4 is 22.9 Å². The first-order valence-electron chi connectivity index (χ1n) is 8.11. The molecule has 0 N–H and O–H groups in total. The largest absolute Gasteiger partial charge is 0.495 e. The molecule has 1 aliphatic rings. The highest BCUT2D eigenvalue weighted by Crippen LogP contribution is 2.28. The van der Waals surface area contributed by atoms with Gasteiger partial charge >= 0.3 is 6.03 Å². The number of pyridine rings is 1. The summed E-state index contributed by atoms with van der Waals surface area (Å²) in [5.74, 6) is 0.843. The summed E-state index contributed by atoms with van der Waals surface area (Å²) in [6, 6.07) is 11.3. The number of hydrogen-bond donors (Lipinski definition) is 0. The van der Waals surface area contributed by atoms with E-state index in [1.54, 1.807) is 30.3 Å². The molecule has 0 radical (unpaired) electrons. The molecule has 128 valence electrons. The molecule has 8 heteroatoms. The van der Waals surface area contributed by atoms with E-state index in [2.05, 4.69) is 20.2 Å². The third-order valence-electron chi connectivity index (χ3n) is 4.38. The number of para-hydroxylation sites is 2. The van der Waals surface area contributed by atoms with Crippen molar-refractivity contribution in [2.45, 2.75) is 0 Å². The van der Waals surface area contributed by atoms with Gasteiger partial charge in [0.2, 0.25) is 5.65 Å². The van der Waals surface area contributed by atoms with Gasteiger partial charge in [-0.1, -0.05) is 17.3 Å². The lowest BCUT2D eigenvalue weighted by molar-refractivity contribution is 0.193. The fourth-order valence-electron chi connectivity index (χ4n) is 3.07. The van der Waals surface area contributed by atoms with Gasteiger partial charge in [0.15, 0.2) is 0 Å². The SMILES string of the molecule is COc1ccccc1N1CCN(C(=O)n2nnc3ncccc32)CC1. The van der Waals surface area contributed by atoms with Gasteiger partial charge in [-0.05, 0) is 24.3 Å². The molecule has 0 saturated carbocycles. The quantitative estimate of drug-likeness (QED) is 0.707. The maximum atomic E-state index is 12.8. The Hall–Kier alpha value is -3.16. The minimum atomic E-state index is -0.171. The Labute approximate surface area is 144 Å². The van der Waals surface area contributed by atoms with E-state index >= 15 is 0 Å². The van der Waals surface area contributed by atoms with Crippen molar-refractivity contribution in [3.8, 4) is 5.75 Å². The van der Waals surface area contributed by atoms with E-state index < -0.39 is 0 Å². The van der Waals surface area contributed by atoms with Gasteiger partial charge in [-0.2, -0.15) is 4.68 Å². The van der Waals surface area contributed by atoms with Crippen LogP contribution in [0.15, 0.2) is 42.6 Å². The van der Waals surface area contributed by atoms with Crippen molar-refractivity contribution in [3.63, 3.8) is 0 Å². The number of aromatic nitrogens is 4. The van der Waals surface area contributed by atoms with Crippen LogP contribution in [-0.2, 0) is 0 Å². The van der Waals surface area contributed by atoms with E-state index in [0.29, 0.717) is 24.3 Å². The molecule has 2 aromatic heterocycles. The molecule has 0 bridgehead atoms. The Bertz CT molecular complexity index is 901. The summed E-state index contributed by atoms with van der Waals surface area (Å²) in [5.41, 5.74) is 2.15. The lowest BCUT2D eigenvalue weighted by Crippen LogP contribution is -2.50. The highest BCUT2D eigenvalue weighted by Gasteiger charge is 2.25. The molecule has 4 rings (SSSR count). The predicted molar refractivity (Wildman–Crippen MR) is 92.9 cm³/mol. The molecule has 3 heterocycles. The maximum absolute atomic E-state index is 12.8. The normalized spacial score (nSPS) is 14.8. The van der Waals surface area contributed by atoms with Gasteiger partial charge in [-0.15, -0.1) is 5.10 Å². The van der Waals surface area contributed by atoms with Gasteiger partial charge in [-0.25, -0.2) is 9.78 Å². The number of amides is 1. The van der Waals surface area contributed by atoms with Crippen LogP contribution in [0, 0.1) is 0 Å². The number of hydrogen-bond acceptors (Lipinski definition) is 6. The van der Waals surface area contributed by atoms with Crippen LogP contribution in [0.25, 0.3) is 11.2 Å². The van der Waals surface area contributed by atoms with Gasteiger partial charge < -0.3 is 14.5 Å². The molecule has 0 aliphatic carbocycles. The molecule has 25 heavy (non-hydrogen) atoms. The first kappa shape index (κ1) is 15.4. The number of piperazine rings is 1. The fraction of sp³-hybridized carbons (Fsp3) is 0.294. The standard InChI is InChI=1S/C17H18N6O2/c1-25-15-7-3-2-5-13(15)21-9-11-22(12-10-21)17(24)23-14-6-4-8-18-16(14)19-20-23/h2-8H,9-12H2,1H3. The molecular weight excluding hydrogens is 320 g/mol. The van der Waals surface area contributed by atoms with Crippen molar-refractivity contribution in [3.05, 3.63) is 42.6 Å². The second-order valence-corrected chi connectivity index (χ2v) is 5.78. The minimum Gasteiger partial charge on any atom is -0.495 e. The first-order chi connectivity index (χ1) is 12.3. The number of benzene rings is 1. The summed E-state index contributed by atoms with van der Waals surface area (Å²) >= 11 is 0. The molecule has 0 atom stereocenters. The molecule has 0 unspecified atom stereocenters. The molecular formula is C17H18N6O2. The smallest absolute Gasteiger partial charge is 0.346 e. The number of anilines is 1. The molecule has 0 spiro atoms. The number of carbonyl (C=O) groups is 1. The van der Waals surface area contributed by atoms with Crippen LogP contribution in [0.1, 0.15) is 0 Å². The zero-order chi connectivity index (χ0) is 17.2. The van der Waals surface area contributed by atoms with Crippen LogP contribution in [0.5, 0.6) is 5.75 Å². The van der Waals surface area contributed by atoms with Crippen molar-refractivity contribution in [1.29, 1.82) is 0 Å². The van der Waals surface area contributed by atoms with Crippen LogP contribution in [0.2, 0.25) is 0 Å². The molecule has 3 aromatic rings. The second kappa shape index (κ2) is 6.39. The third kappa shape index (κ3) is 2.75. The third-order valence-corrected chi connectivity index (χ3v) is 4.38. The van der Waals surface area contributed by atoms with Crippen LogP contribution in [0.3, 0.4) is 0 Å². The fourth-order valence-corrected chi connectivity index (χ4v) is 3.07. The zero-order valence-corrected chi connectivity index (χ0v) is 13.9. The maximum Gasteiger partial charge on any atom is 0.346 e. The summed E-state index contributed by atoms with van der Waals surface area (Å²) in [6.07, 6.45) is 1.64. The Kier molecular flexibility index (Phi) is 3.93. The Balaban J connectivity index is 1.49. The van der Waals surface area contributed by atoms with Crippen molar-refractivity contribution < 1.29 is 9.53 Å². The highest BCUT2D eigenvalue weighted by molar-refractivity contribution is 5.86. The molecule has 1 saturated heterocycles. The number of methoxy groups -OCH3 is 1. The molecule has 1 amide bonds. The van der Waals surface area contributed by atoms with Gasteiger partial charge in [0.05, 0.1) is 12.8 Å². The van der Waals surface area contributed by atoms with E-state index in [1.807, 2.05) is 24.3 Å². The van der Waals surface area contributed by atoms with E-state index in [4.69, 9.17) is 4.74 Å². The number of carbonyl (C=O) groups excluding carboxylic acids is 1. The van der Waals surface area contributed by atoms with E-state index in [1.165, 1.54) is 4.68 Å². The summed E-state index contributed by atoms with van der Waals surface area (Å²) in [7, 11) is 1.67. The second-order valence-electron chi connectivity index (χ2n) is 5.78. The lowest BCUT2D eigenvalue weighted by Gasteiger charge is -2.36. The van der Waals surface area contributed by atoms with Crippen LogP contribution < -0.4 is 9.64 Å². The topological polar surface area (TPSA) is 76.4 Å². The van der Waals surface area contributed by atoms with Crippen LogP contribution >= 0.6 is 0 Å². The number of rotatable bonds is 2. The van der Waals surface area contributed by atoms with Crippen LogP contribution in [0.4, 0.5) is 10.5 Å².